The second-order valence-corrected chi connectivity index (χ2v) is 4.69. The fourth-order valence-corrected chi connectivity index (χ4v) is 1.86. The molecule has 2 rings (SSSR count). The van der Waals surface area contributed by atoms with Crippen molar-refractivity contribution in [2.24, 2.45) is 5.92 Å². The Hall–Kier alpha value is -1.76. The molecular formula is C11H19N7. The Morgan fingerprint density at radius 2 is 2.28 bits per heavy atom. The summed E-state index contributed by atoms with van der Waals surface area (Å²) in [6, 6.07) is 0.0962. The molecule has 98 valence electrons. The lowest BCUT2D eigenvalue weighted by Crippen LogP contribution is -2.22. The van der Waals surface area contributed by atoms with Crippen molar-refractivity contribution < 1.29 is 0 Å². The molecule has 0 amide bonds. The quantitative estimate of drug-likeness (QED) is 0.781. The molecule has 7 heteroatoms. The highest BCUT2D eigenvalue weighted by Crippen LogP contribution is 2.14. The average molecular weight is 249 g/mol. The molecule has 2 heterocycles. The van der Waals surface area contributed by atoms with Crippen molar-refractivity contribution >= 4 is 0 Å². The smallest absolute Gasteiger partial charge is 0.138 e. The van der Waals surface area contributed by atoms with Crippen LogP contribution < -0.4 is 5.32 Å². The highest BCUT2D eigenvalue weighted by atomic mass is 15.3. The van der Waals surface area contributed by atoms with Crippen LogP contribution in [0.3, 0.4) is 0 Å². The van der Waals surface area contributed by atoms with Gasteiger partial charge in [0, 0.05) is 13.0 Å². The highest BCUT2D eigenvalue weighted by molar-refractivity contribution is 5.04. The third-order valence-electron chi connectivity index (χ3n) is 2.76. The average Bonchev–Trinajstić information content (AvgIpc) is 2.96. The van der Waals surface area contributed by atoms with Crippen LogP contribution in [-0.2, 0) is 13.0 Å². The van der Waals surface area contributed by atoms with Crippen LogP contribution in [0.2, 0.25) is 0 Å². The largest absolute Gasteiger partial charge is 0.311 e. The van der Waals surface area contributed by atoms with Gasteiger partial charge in [0.1, 0.15) is 12.2 Å². The van der Waals surface area contributed by atoms with Crippen LogP contribution in [0.15, 0.2) is 12.5 Å². The molecular weight excluding hydrogens is 230 g/mol. The Labute approximate surface area is 106 Å². The molecule has 0 saturated carbocycles. The van der Waals surface area contributed by atoms with Crippen LogP contribution in [-0.4, -0.2) is 37.2 Å². The van der Waals surface area contributed by atoms with Crippen molar-refractivity contribution in [1.82, 2.24) is 35.5 Å². The second kappa shape index (κ2) is 5.72. The standard InChI is InChI=1S/C11H19N7/c1-8(2)6-18-11(13-7-15-18)4-9(12-3)10-5-14-17-16-10/h5,7-9,12H,4,6H2,1-3H3,(H,14,16,17). The molecule has 0 fully saturated rings. The molecule has 0 saturated heterocycles. The van der Waals surface area contributed by atoms with Crippen molar-refractivity contribution in [2.75, 3.05) is 7.05 Å². The molecule has 0 aliphatic rings. The Balaban J connectivity index is 2.10. The first-order valence-corrected chi connectivity index (χ1v) is 6.10. The molecule has 0 radical (unpaired) electrons. The minimum atomic E-state index is 0.0962. The van der Waals surface area contributed by atoms with Crippen LogP contribution in [0.1, 0.15) is 31.4 Å². The minimum absolute atomic E-state index is 0.0962. The number of likely N-dealkylation sites (N-methyl/N-ethyl adjacent to an activating group) is 1. The van der Waals surface area contributed by atoms with E-state index in [1.54, 1.807) is 12.5 Å². The number of nitrogens with one attached hydrogen (secondary N) is 2. The Morgan fingerprint density at radius 1 is 1.44 bits per heavy atom. The molecule has 0 bridgehead atoms. The first kappa shape index (κ1) is 12.7. The summed E-state index contributed by atoms with van der Waals surface area (Å²) in [6.07, 6.45) is 4.08. The summed E-state index contributed by atoms with van der Waals surface area (Å²) in [4.78, 5) is 4.32. The lowest BCUT2D eigenvalue weighted by Gasteiger charge is -2.14. The van der Waals surface area contributed by atoms with Crippen LogP contribution >= 0.6 is 0 Å². The van der Waals surface area contributed by atoms with E-state index in [-0.39, 0.29) is 6.04 Å². The highest BCUT2D eigenvalue weighted by Gasteiger charge is 2.16. The zero-order valence-electron chi connectivity index (χ0n) is 11.0. The summed E-state index contributed by atoms with van der Waals surface area (Å²) in [5.74, 6) is 1.51. The van der Waals surface area contributed by atoms with Gasteiger partial charge in [-0.05, 0) is 13.0 Å². The fourth-order valence-electron chi connectivity index (χ4n) is 1.86. The number of aromatic amines is 1. The van der Waals surface area contributed by atoms with Gasteiger partial charge < -0.3 is 5.32 Å². The molecule has 0 aliphatic carbocycles. The van der Waals surface area contributed by atoms with Crippen LogP contribution in [0.25, 0.3) is 0 Å². The Kier molecular flexibility index (Phi) is 4.03. The zero-order chi connectivity index (χ0) is 13.0. The lowest BCUT2D eigenvalue weighted by molar-refractivity contribution is 0.449. The van der Waals surface area contributed by atoms with Crippen molar-refractivity contribution in [2.45, 2.75) is 32.9 Å². The molecule has 2 aromatic rings. The van der Waals surface area contributed by atoms with E-state index in [1.807, 2.05) is 11.7 Å². The molecule has 2 N–H and O–H groups in total. The van der Waals surface area contributed by atoms with Gasteiger partial charge in [-0.2, -0.15) is 20.5 Å². The van der Waals surface area contributed by atoms with E-state index in [1.165, 1.54) is 0 Å². The third kappa shape index (κ3) is 2.92. The molecule has 0 spiro atoms. The maximum atomic E-state index is 4.32. The van der Waals surface area contributed by atoms with Gasteiger partial charge in [-0.25, -0.2) is 9.67 Å². The van der Waals surface area contributed by atoms with Gasteiger partial charge in [0.05, 0.1) is 17.9 Å². The normalized spacial score (nSPS) is 13.1. The monoisotopic (exact) mass is 249 g/mol. The number of aromatic nitrogens is 6. The van der Waals surface area contributed by atoms with Gasteiger partial charge >= 0.3 is 0 Å². The summed E-state index contributed by atoms with van der Waals surface area (Å²) in [6.45, 7) is 5.21. The molecule has 1 unspecified atom stereocenters. The van der Waals surface area contributed by atoms with E-state index in [4.69, 9.17) is 0 Å². The summed E-state index contributed by atoms with van der Waals surface area (Å²) < 4.78 is 1.95. The number of rotatable bonds is 6. The maximum absolute atomic E-state index is 4.32. The van der Waals surface area contributed by atoms with Gasteiger partial charge in [0.2, 0.25) is 0 Å². The lowest BCUT2D eigenvalue weighted by atomic mass is 10.1. The molecule has 18 heavy (non-hydrogen) atoms. The minimum Gasteiger partial charge on any atom is -0.311 e. The third-order valence-corrected chi connectivity index (χ3v) is 2.76. The van der Waals surface area contributed by atoms with Gasteiger partial charge in [-0.1, -0.05) is 13.8 Å². The summed E-state index contributed by atoms with van der Waals surface area (Å²) in [5.41, 5.74) is 0.886. The van der Waals surface area contributed by atoms with E-state index in [2.05, 4.69) is 44.7 Å². The van der Waals surface area contributed by atoms with Gasteiger partial charge in [-0.3, -0.25) is 0 Å². The van der Waals surface area contributed by atoms with E-state index in [0.29, 0.717) is 5.92 Å². The van der Waals surface area contributed by atoms with E-state index >= 15 is 0 Å². The Bertz CT molecular complexity index is 459. The van der Waals surface area contributed by atoms with Crippen LogP contribution in [0.4, 0.5) is 0 Å². The van der Waals surface area contributed by atoms with E-state index in [0.717, 1.165) is 24.5 Å². The number of nitrogens with zero attached hydrogens (tertiary/aromatic N) is 5. The summed E-state index contributed by atoms with van der Waals surface area (Å²) in [7, 11) is 1.91. The molecule has 7 nitrogen and oxygen atoms in total. The van der Waals surface area contributed by atoms with Gasteiger partial charge in [-0.15, -0.1) is 0 Å². The molecule has 0 aliphatic heterocycles. The van der Waals surface area contributed by atoms with E-state index < -0.39 is 0 Å². The SMILES string of the molecule is CNC(Cc1ncnn1CC(C)C)c1cn[nH]n1. The molecule has 0 aromatic carbocycles. The van der Waals surface area contributed by atoms with Crippen LogP contribution in [0, 0.1) is 5.92 Å². The van der Waals surface area contributed by atoms with Crippen molar-refractivity contribution in [3.8, 4) is 0 Å². The Morgan fingerprint density at radius 3 is 2.89 bits per heavy atom. The van der Waals surface area contributed by atoms with Crippen molar-refractivity contribution in [1.29, 1.82) is 0 Å². The van der Waals surface area contributed by atoms with Gasteiger partial charge in [0.15, 0.2) is 0 Å². The number of hydrogen-bond donors (Lipinski definition) is 2. The first-order valence-electron chi connectivity index (χ1n) is 6.10. The zero-order valence-corrected chi connectivity index (χ0v) is 11.0. The number of hydrogen-bond acceptors (Lipinski definition) is 5. The van der Waals surface area contributed by atoms with Crippen LogP contribution in [0.5, 0.6) is 0 Å². The first-order chi connectivity index (χ1) is 8.70. The molecule has 2 aromatic heterocycles. The predicted molar refractivity (Wildman–Crippen MR) is 66.7 cm³/mol. The summed E-state index contributed by atoms with van der Waals surface area (Å²) in [5, 5.41) is 18.0. The maximum Gasteiger partial charge on any atom is 0.138 e. The van der Waals surface area contributed by atoms with Gasteiger partial charge in [0.25, 0.3) is 0 Å². The number of H-pyrrole nitrogens is 1. The topological polar surface area (TPSA) is 84.3 Å². The van der Waals surface area contributed by atoms with E-state index in [9.17, 15) is 0 Å². The second-order valence-electron chi connectivity index (χ2n) is 4.69. The van der Waals surface area contributed by atoms with Crippen molar-refractivity contribution in [3.63, 3.8) is 0 Å². The predicted octanol–water partition coefficient (Wildman–Crippen LogP) is 0.555. The molecule has 1 atom stereocenters. The fraction of sp³-hybridized carbons (Fsp3) is 0.636. The van der Waals surface area contributed by atoms with Crippen molar-refractivity contribution in [3.05, 3.63) is 24.0 Å². The summed E-state index contributed by atoms with van der Waals surface area (Å²) >= 11 is 0.